The van der Waals surface area contributed by atoms with Crippen LogP contribution in [-0.4, -0.2) is 30.4 Å². The summed E-state index contributed by atoms with van der Waals surface area (Å²) in [6, 6.07) is 7.75. The Morgan fingerprint density at radius 3 is 2.87 bits per heavy atom. The molecule has 2 N–H and O–H groups in total. The van der Waals surface area contributed by atoms with Gasteiger partial charge in [0.2, 0.25) is 0 Å². The standard InChI is InChI=1S/C14H14N4O4S/c1-15-14(23)17-16-8-10-4-6-12(22-10)11-5-3-9(18(19)20)7-13(11)21-2/h3-8H,1-2H3,(H2,15,17,23). The van der Waals surface area contributed by atoms with Crippen molar-refractivity contribution in [3.63, 3.8) is 0 Å². The lowest BCUT2D eigenvalue weighted by Crippen LogP contribution is -2.28. The fourth-order valence-electron chi connectivity index (χ4n) is 1.77. The number of hydrogen-bond donors (Lipinski definition) is 2. The largest absolute Gasteiger partial charge is 0.496 e. The highest BCUT2D eigenvalue weighted by Crippen LogP contribution is 2.33. The summed E-state index contributed by atoms with van der Waals surface area (Å²) in [6.07, 6.45) is 1.46. The van der Waals surface area contributed by atoms with Gasteiger partial charge in [-0.2, -0.15) is 5.10 Å². The number of furan rings is 1. The lowest BCUT2D eigenvalue weighted by Gasteiger charge is -2.05. The quantitative estimate of drug-likeness (QED) is 0.374. The summed E-state index contributed by atoms with van der Waals surface area (Å²) >= 11 is 4.88. The number of hydrogen-bond acceptors (Lipinski definition) is 6. The fraction of sp³-hybridized carbons (Fsp3) is 0.143. The first-order chi connectivity index (χ1) is 11.0. The second-order valence-corrected chi connectivity index (χ2v) is 4.70. The Kier molecular flexibility index (Phi) is 5.26. The van der Waals surface area contributed by atoms with Crippen LogP contribution in [0.1, 0.15) is 5.76 Å². The normalized spacial score (nSPS) is 10.5. The maximum absolute atomic E-state index is 10.8. The Labute approximate surface area is 137 Å². The minimum atomic E-state index is -0.483. The predicted molar refractivity (Wildman–Crippen MR) is 89.7 cm³/mol. The predicted octanol–water partition coefficient (Wildman–Crippen LogP) is 2.29. The first-order valence-electron chi connectivity index (χ1n) is 6.48. The van der Waals surface area contributed by atoms with E-state index >= 15 is 0 Å². The number of nitro benzene ring substituents is 1. The molecule has 2 aromatic rings. The summed E-state index contributed by atoms with van der Waals surface area (Å²) < 4.78 is 10.8. The molecule has 2 rings (SSSR count). The molecule has 0 saturated carbocycles. The third-order valence-corrected chi connectivity index (χ3v) is 3.17. The molecule has 0 bridgehead atoms. The molecule has 1 heterocycles. The smallest absolute Gasteiger partial charge is 0.273 e. The molecule has 0 atom stereocenters. The number of nitro groups is 1. The summed E-state index contributed by atoms with van der Waals surface area (Å²) in [5.74, 6) is 1.35. The number of nitrogens with one attached hydrogen (secondary N) is 2. The van der Waals surface area contributed by atoms with Gasteiger partial charge in [0, 0.05) is 13.1 Å². The number of nitrogens with zero attached hydrogens (tertiary/aromatic N) is 2. The zero-order valence-electron chi connectivity index (χ0n) is 12.4. The molecule has 0 aliphatic rings. The molecule has 0 unspecified atom stereocenters. The van der Waals surface area contributed by atoms with Gasteiger partial charge in [0.25, 0.3) is 5.69 Å². The first-order valence-corrected chi connectivity index (χ1v) is 6.89. The second kappa shape index (κ2) is 7.36. The number of methoxy groups -OCH3 is 1. The molecule has 23 heavy (non-hydrogen) atoms. The van der Waals surface area contributed by atoms with Gasteiger partial charge in [-0.25, -0.2) is 0 Å². The van der Waals surface area contributed by atoms with E-state index in [9.17, 15) is 10.1 Å². The molecular formula is C14H14N4O4S. The van der Waals surface area contributed by atoms with Crippen LogP contribution < -0.4 is 15.5 Å². The van der Waals surface area contributed by atoms with Crippen LogP contribution in [0.5, 0.6) is 5.75 Å². The van der Waals surface area contributed by atoms with Crippen LogP contribution in [0.15, 0.2) is 39.9 Å². The lowest BCUT2D eigenvalue weighted by atomic mass is 10.1. The first kappa shape index (κ1) is 16.4. The maximum atomic E-state index is 10.8. The summed E-state index contributed by atoms with van der Waals surface area (Å²) in [7, 11) is 3.12. The van der Waals surface area contributed by atoms with E-state index in [-0.39, 0.29) is 5.69 Å². The molecule has 8 nitrogen and oxygen atoms in total. The minimum Gasteiger partial charge on any atom is -0.496 e. The molecule has 0 fully saturated rings. The maximum Gasteiger partial charge on any atom is 0.273 e. The summed E-state index contributed by atoms with van der Waals surface area (Å²) in [5, 5.41) is 17.8. The van der Waals surface area contributed by atoms with Crippen molar-refractivity contribution in [1.82, 2.24) is 10.7 Å². The molecule has 0 aliphatic heterocycles. The van der Waals surface area contributed by atoms with Crippen molar-refractivity contribution in [2.45, 2.75) is 0 Å². The molecule has 1 aromatic heterocycles. The molecule has 0 radical (unpaired) electrons. The average Bonchev–Trinajstić information content (AvgIpc) is 3.02. The van der Waals surface area contributed by atoms with Crippen molar-refractivity contribution in [3.05, 3.63) is 46.2 Å². The topological polar surface area (TPSA) is 102 Å². The third kappa shape index (κ3) is 4.04. The lowest BCUT2D eigenvalue weighted by molar-refractivity contribution is -0.384. The van der Waals surface area contributed by atoms with E-state index in [0.717, 1.165) is 0 Å². The van der Waals surface area contributed by atoms with Crippen LogP contribution >= 0.6 is 12.2 Å². The Morgan fingerprint density at radius 1 is 1.43 bits per heavy atom. The zero-order valence-corrected chi connectivity index (χ0v) is 13.2. The van der Waals surface area contributed by atoms with E-state index in [1.54, 1.807) is 25.2 Å². The van der Waals surface area contributed by atoms with Gasteiger partial charge in [-0.3, -0.25) is 15.5 Å². The van der Waals surface area contributed by atoms with E-state index in [1.165, 1.54) is 25.5 Å². The Morgan fingerprint density at radius 2 is 2.22 bits per heavy atom. The zero-order chi connectivity index (χ0) is 16.8. The van der Waals surface area contributed by atoms with Crippen molar-refractivity contribution in [2.75, 3.05) is 14.2 Å². The minimum absolute atomic E-state index is 0.0521. The van der Waals surface area contributed by atoms with Gasteiger partial charge in [0.15, 0.2) is 5.11 Å². The van der Waals surface area contributed by atoms with E-state index in [0.29, 0.717) is 27.9 Å². The van der Waals surface area contributed by atoms with Gasteiger partial charge in [0.1, 0.15) is 17.3 Å². The average molecular weight is 334 g/mol. The number of ether oxygens (including phenoxy) is 1. The van der Waals surface area contributed by atoms with Crippen molar-refractivity contribution in [2.24, 2.45) is 5.10 Å². The number of non-ortho nitro benzene ring substituents is 1. The van der Waals surface area contributed by atoms with Crippen LogP contribution in [-0.2, 0) is 0 Å². The molecule has 0 spiro atoms. The highest BCUT2D eigenvalue weighted by Gasteiger charge is 2.15. The molecule has 1 aromatic carbocycles. The molecule has 0 aliphatic carbocycles. The Balaban J connectivity index is 2.23. The van der Waals surface area contributed by atoms with Crippen molar-refractivity contribution in [3.8, 4) is 17.1 Å². The SMILES string of the molecule is CNC(=S)NN=Cc1ccc(-c2ccc([N+](=O)[O-])cc2OC)o1. The molecule has 9 heteroatoms. The number of benzene rings is 1. The molecule has 120 valence electrons. The van der Waals surface area contributed by atoms with Gasteiger partial charge in [-0.15, -0.1) is 0 Å². The Bertz CT molecular complexity index is 757. The Hall–Kier alpha value is -2.94. The van der Waals surface area contributed by atoms with Crippen molar-refractivity contribution < 1.29 is 14.1 Å². The fourth-order valence-corrected chi connectivity index (χ4v) is 1.83. The van der Waals surface area contributed by atoms with Crippen LogP contribution in [0.3, 0.4) is 0 Å². The second-order valence-electron chi connectivity index (χ2n) is 4.29. The molecule has 0 saturated heterocycles. The van der Waals surface area contributed by atoms with Crippen LogP contribution in [0.25, 0.3) is 11.3 Å². The molecule has 0 amide bonds. The van der Waals surface area contributed by atoms with Gasteiger partial charge in [0.05, 0.1) is 29.9 Å². The summed E-state index contributed by atoms with van der Waals surface area (Å²) in [4.78, 5) is 10.3. The van der Waals surface area contributed by atoms with E-state index in [4.69, 9.17) is 21.4 Å². The van der Waals surface area contributed by atoms with Crippen molar-refractivity contribution in [1.29, 1.82) is 0 Å². The van der Waals surface area contributed by atoms with Gasteiger partial charge < -0.3 is 14.5 Å². The van der Waals surface area contributed by atoms with Crippen molar-refractivity contribution >= 4 is 29.2 Å². The molecular weight excluding hydrogens is 320 g/mol. The highest BCUT2D eigenvalue weighted by molar-refractivity contribution is 7.80. The summed E-state index contributed by atoms with van der Waals surface area (Å²) in [5.41, 5.74) is 3.16. The van der Waals surface area contributed by atoms with Gasteiger partial charge in [-0.05, 0) is 30.4 Å². The van der Waals surface area contributed by atoms with Crippen LogP contribution in [0.4, 0.5) is 5.69 Å². The summed E-state index contributed by atoms with van der Waals surface area (Å²) in [6.45, 7) is 0. The third-order valence-electron chi connectivity index (χ3n) is 2.87. The van der Waals surface area contributed by atoms with E-state index in [1.807, 2.05) is 0 Å². The van der Waals surface area contributed by atoms with Gasteiger partial charge >= 0.3 is 0 Å². The number of hydrazone groups is 1. The number of thiocarbonyl (C=S) groups is 1. The highest BCUT2D eigenvalue weighted by atomic mass is 32.1. The monoisotopic (exact) mass is 334 g/mol. The number of rotatable bonds is 5. The van der Waals surface area contributed by atoms with Crippen LogP contribution in [0, 0.1) is 10.1 Å². The van der Waals surface area contributed by atoms with Crippen LogP contribution in [0.2, 0.25) is 0 Å². The van der Waals surface area contributed by atoms with E-state index < -0.39 is 4.92 Å². The van der Waals surface area contributed by atoms with E-state index in [2.05, 4.69) is 15.8 Å². The van der Waals surface area contributed by atoms with Gasteiger partial charge in [-0.1, -0.05) is 0 Å².